The zero-order valence-corrected chi connectivity index (χ0v) is 14.4. The molecule has 3 rings (SSSR count). The van der Waals surface area contributed by atoms with Gasteiger partial charge in [0, 0.05) is 6.04 Å². The van der Waals surface area contributed by atoms with Gasteiger partial charge in [-0.2, -0.15) is 0 Å². The van der Waals surface area contributed by atoms with Crippen LogP contribution in [-0.4, -0.2) is 17.1 Å². The van der Waals surface area contributed by atoms with Gasteiger partial charge in [-0.3, -0.25) is 4.79 Å². The molecule has 0 radical (unpaired) electrons. The Morgan fingerprint density at radius 1 is 0.917 bits per heavy atom. The summed E-state index contributed by atoms with van der Waals surface area (Å²) in [5.41, 5.74) is 1.93. The standard InChI is InChI=1S/C20H22N2OS/c23-19(22-20(24)21-17-13-7-8-14-17)18(15-9-3-1-4-10-15)16-11-5-2-6-12-16/h1-6,9-12,17-18H,7-8,13-14H2,(H2,21,22,23,24). The maximum atomic E-state index is 12.9. The highest BCUT2D eigenvalue weighted by Gasteiger charge is 2.24. The van der Waals surface area contributed by atoms with E-state index in [9.17, 15) is 4.79 Å². The van der Waals surface area contributed by atoms with Gasteiger partial charge in [0.05, 0.1) is 5.92 Å². The Labute approximate surface area is 148 Å². The maximum absolute atomic E-state index is 12.9. The summed E-state index contributed by atoms with van der Waals surface area (Å²) < 4.78 is 0. The third kappa shape index (κ3) is 4.20. The Bertz CT molecular complexity index is 642. The first-order valence-electron chi connectivity index (χ1n) is 8.45. The molecule has 0 aromatic heterocycles. The first-order valence-corrected chi connectivity index (χ1v) is 8.86. The van der Waals surface area contributed by atoms with Crippen molar-refractivity contribution < 1.29 is 4.79 Å². The van der Waals surface area contributed by atoms with Crippen molar-refractivity contribution in [3.63, 3.8) is 0 Å². The first kappa shape index (κ1) is 16.7. The molecule has 24 heavy (non-hydrogen) atoms. The van der Waals surface area contributed by atoms with Gasteiger partial charge >= 0.3 is 0 Å². The van der Waals surface area contributed by atoms with E-state index in [2.05, 4.69) is 10.6 Å². The van der Waals surface area contributed by atoms with Crippen molar-refractivity contribution in [3.8, 4) is 0 Å². The number of hydrogen-bond donors (Lipinski definition) is 2. The molecule has 3 nitrogen and oxygen atoms in total. The molecule has 4 heteroatoms. The number of thiocarbonyl (C=S) groups is 1. The number of nitrogens with one attached hydrogen (secondary N) is 2. The van der Waals surface area contributed by atoms with Crippen molar-refractivity contribution in [1.29, 1.82) is 0 Å². The van der Waals surface area contributed by atoms with E-state index < -0.39 is 0 Å². The molecule has 0 aliphatic heterocycles. The van der Waals surface area contributed by atoms with Crippen molar-refractivity contribution >= 4 is 23.2 Å². The van der Waals surface area contributed by atoms with Crippen molar-refractivity contribution in [3.05, 3.63) is 71.8 Å². The third-order valence-electron chi connectivity index (χ3n) is 4.46. The molecule has 2 aromatic carbocycles. The lowest BCUT2D eigenvalue weighted by Gasteiger charge is -2.20. The van der Waals surface area contributed by atoms with Crippen LogP contribution < -0.4 is 10.6 Å². The van der Waals surface area contributed by atoms with Gasteiger partial charge in [0.15, 0.2) is 5.11 Å². The van der Waals surface area contributed by atoms with Crippen LogP contribution in [0.1, 0.15) is 42.7 Å². The van der Waals surface area contributed by atoms with E-state index in [0.29, 0.717) is 11.2 Å². The minimum absolute atomic E-state index is 0.0945. The van der Waals surface area contributed by atoms with E-state index in [1.54, 1.807) is 0 Å². The zero-order valence-electron chi connectivity index (χ0n) is 13.6. The number of carbonyl (C=O) groups excluding carboxylic acids is 1. The predicted molar refractivity (Wildman–Crippen MR) is 101 cm³/mol. The summed E-state index contributed by atoms with van der Waals surface area (Å²) in [5, 5.41) is 6.59. The van der Waals surface area contributed by atoms with Crippen LogP contribution in [0.3, 0.4) is 0 Å². The largest absolute Gasteiger partial charge is 0.360 e. The monoisotopic (exact) mass is 338 g/mol. The number of hydrogen-bond acceptors (Lipinski definition) is 2. The van der Waals surface area contributed by atoms with Gasteiger partial charge in [0.1, 0.15) is 0 Å². The number of amides is 1. The van der Waals surface area contributed by atoms with E-state index in [0.717, 1.165) is 24.0 Å². The molecule has 124 valence electrons. The van der Waals surface area contributed by atoms with Crippen LogP contribution in [0.2, 0.25) is 0 Å². The van der Waals surface area contributed by atoms with Crippen LogP contribution in [0.25, 0.3) is 0 Å². The first-order chi connectivity index (χ1) is 11.7. The lowest BCUT2D eigenvalue weighted by molar-refractivity contribution is -0.120. The van der Waals surface area contributed by atoms with Crippen LogP contribution in [0.4, 0.5) is 0 Å². The van der Waals surface area contributed by atoms with Gasteiger partial charge in [0.2, 0.25) is 5.91 Å². The molecule has 0 saturated heterocycles. The highest BCUT2D eigenvalue weighted by Crippen LogP contribution is 2.24. The Balaban J connectivity index is 1.75. The molecule has 1 amide bonds. The van der Waals surface area contributed by atoms with Crippen molar-refractivity contribution in [2.24, 2.45) is 0 Å². The highest BCUT2D eigenvalue weighted by atomic mass is 32.1. The van der Waals surface area contributed by atoms with Crippen molar-refractivity contribution in [1.82, 2.24) is 10.6 Å². The van der Waals surface area contributed by atoms with Crippen LogP contribution in [0.15, 0.2) is 60.7 Å². The molecule has 1 fully saturated rings. The number of carbonyl (C=O) groups is 1. The molecule has 0 heterocycles. The van der Waals surface area contributed by atoms with Gasteiger partial charge in [-0.05, 0) is 36.2 Å². The molecule has 1 saturated carbocycles. The van der Waals surface area contributed by atoms with E-state index in [-0.39, 0.29) is 11.8 Å². The Morgan fingerprint density at radius 2 is 1.42 bits per heavy atom. The second kappa shape index (κ2) is 8.06. The van der Waals surface area contributed by atoms with E-state index in [4.69, 9.17) is 12.2 Å². The van der Waals surface area contributed by atoms with Crippen LogP contribution in [0.5, 0.6) is 0 Å². The van der Waals surface area contributed by atoms with E-state index >= 15 is 0 Å². The summed E-state index contributed by atoms with van der Waals surface area (Å²) in [7, 11) is 0. The molecule has 2 N–H and O–H groups in total. The summed E-state index contributed by atoms with van der Waals surface area (Å²) in [5.74, 6) is -0.460. The molecule has 1 aliphatic carbocycles. The number of benzene rings is 2. The Morgan fingerprint density at radius 3 is 1.92 bits per heavy atom. The molecular formula is C20H22N2OS. The zero-order chi connectivity index (χ0) is 16.8. The van der Waals surface area contributed by atoms with Gasteiger partial charge in [-0.15, -0.1) is 0 Å². The average molecular weight is 338 g/mol. The fourth-order valence-electron chi connectivity index (χ4n) is 3.26. The summed E-state index contributed by atoms with van der Waals surface area (Å²) in [6, 6.07) is 20.0. The second-order valence-electron chi connectivity index (χ2n) is 6.20. The van der Waals surface area contributed by atoms with E-state index in [1.807, 2.05) is 60.7 Å². The van der Waals surface area contributed by atoms with Gasteiger partial charge in [0.25, 0.3) is 0 Å². The average Bonchev–Trinajstić information content (AvgIpc) is 3.10. The molecule has 0 bridgehead atoms. The molecule has 2 aromatic rings. The van der Waals surface area contributed by atoms with Gasteiger partial charge in [-0.1, -0.05) is 73.5 Å². The lowest BCUT2D eigenvalue weighted by Crippen LogP contribution is -2.45. The fourth-order valence-corrected chi connectivity index (χ4v) is 3.53. The van der Waals surface area contributed by atoms with Crippen LogP contribution >= 0.6 is 12.2 Å². The molecule has 1 aliphatic rings. The van der Waals surface area contributed by atoms with Crippen molar-refractivity contribution in [2.75, 3.05) is 0 Å². The third-order valence-corrected chi connectivity index (χ3v) is 4.68. The highest BCUT2D eigenvalue weighted by molar-refractivity contribution is 7.80. The summed E-state index contributed by atoms with van der Waals surface area (Å²) >= 11 is 5.34. The van der Waals surface area contributed by atoms with E-state index in [1.165, 1.54) is 12.8 Å². The second-order valence-corrected chi connectivity index (χ2v) is 6.61. The predicted octanol–water partition coefficient (Wildman–Crippen LogP) is 3.75. The molecule has 0 atom stereocenters. The smallest absolute Gasteiger partial charge is 0.238 e. The van der Waals surface area contributed by atoms with Gasteiger partial charge in [-0.25, -0.2) is 0 Å². The van der Waals surface area contributed by atoms with Crippen LogP contribution in [-0.2, 0) is 4.79 Å². The Kier molecular flexibility index (Phi) is 5.59. The number of rotatable bonds is 4. The minimum atomic E-state index is -0.365. The Hall–Kier alpha value is -2.20. The maximum Gasteiger partial charge on any atom is 0.238 e. The molecule has 0 spiro atoms. The van der Waals surface area contributed by atoms with Crippen LogP contribution in [0, 0.1) is 0 Å². The SMILES string of the molecule is O=C(NC(=S)NC1CCCC1)C(c1ccccc1)c1ccccc1. The van der Waals surface area contributed by atoms with Gasteiger partial charge < -0.3 is 10.6 Å². The fraction of sp³-hybridized carbons (Fsp3) is 0.300. The summed E-state index contributed by atoms with van der Waals surface area (Å²) in [6.45, 7) is 0. The minimum Gasteiger partial charge on any atom is -0.360 e. The summed E-state index contributed by atoms with van der Waals surface area (Å²) in [6.07, 6.45) is 4.70. The van der Waals surface area contributed by atoms with Crippen molar-refractivity contribution in [2.45, 2.75) is 37.6 Å². The quantitative estimate of drug-likeness (QED) is 0.834. The lowest BCUT2D eigenvalue weighted by atomic mass is 9.90. The summed E-state index contributed by atoms with van der Waals surface area (Å²) in [4.78, 5) is 12.9. The molecule has 0 unspecified atom stereocenters. The normalized spacial score (nSPS) is 14.5. The molecular weight excluding hydrogens is 316 g/mol. The topological polar surface area (TPSA) is 41.1 Å².